The fourth-order valence-corrected chi connectivity index (χ4v) is 5.34. The van der Waals surface area contributed by atoms with Gasteiger partial charge in [0.2, 0.25) is 0 Å². The molecule has 0 unspecified atom stereocenters. The van der Waals surface area contributed by atoms with E-state index in [1.165, 1.54) is 17.5 Å². The van der Waals surface area contributed by atoms with Crippen LogP contribution in [0, 0.1) is 17.3 Å². The van der Waals surface area contributed by atoms with Gasteiger partial charge in [0.15, 0.2) is 0 Å². The first-order valence-electron chi connectivity index (χ1n) is 10.0. The Balaban J connectivity index is 0.000000338. The topological polar surface area (TPSA) is 261 Å². The fraction of sp³-hybridized carbons (Fsp3) is 0.611. The first-order valence-corrected chi connectivity index (χ1v) is 14.2. The molecule has 202 valence electrons. The van der Waals surface area contributed by atoms with Crippen LogP contribution in [-0.4, -0.2) is 63.5 Å². The van der Waals surface area contributed by atoms with Gasteiger partial charge in [0.25, 0.3) is 0 Å². The number of aryl methyl sites for hydroxylation is 1. The zero-order valence-corrected chi connectivity index (χ0v) is 20.9. The number of phenols is 1. The fourth-order valence-electron chi connectivity index (χ4n) is 5.34. The number of ketones is 1. The molecule has 4 rings (SSSR count). The Bertz CT molecular complexity index is 1130. The van der Waals surface area contributed by atoms with Crippen LogP contribution in [0.3, 0.4) is 0 Å². The van der Waals surface area contributed by atoms with Crippen LogP contribution in [0.2, 0.25) is 0 Å². The molecule has 1 aromatic carbocycles. The summed E-state index contributed by atoms with van der Waals surface area (Å²) >= 11 is 0. The van der Waals surface area contributed by atoms with Crippen LogP contribution in [0.25, 0.3) is 0 Å². The SMILES string of the molecule is C[C@]12CC[C@@H]3c4ccc(O)cc4CC[C@H]3[C@@H]1CCC2=O.O=S(=O)(O)O.O=S(=O)(O)O.O=S(=O)(O)O. The number of carbonyl (C=O) groups is 1. The quantitative estimate of drug-likeness (QED) is 0.222. The van der Waals surface area contributed by atoms with Gasteiger partial charge in [-0.05, 0) is 73.1 Å². The molecule has 4 atom stereocenters. The summed E-state index contributed by atoms with van der Waals surface area (Å²) in [7, 11) is -14.0. The lowest BCUT2D eigenvalue weighted by atomic mass is 9.55. The molecule has 3 aliphatic carbocycles. The van der Waals surface area contributed by atoms with Gasteiger partial charge in [-0.15, -0.1) is 0 Å². The molecule has 1 aromatic rings. The number of benzene rings is 1. The number of fused-ring (bicyclic) bond motifs is 5. The van der Waals surface area contributed by atoms with E-state index in [0.717, 1.165) is 32.1 Å². The maximum atomic E-state index is 12.3. The van der Waals surface area contributed by atoms with E-state index in [9.17, 15) is 9.90 Å². The lowest BCUT2D eigenvalue weighted by Gasteiger charge is -2.48. The van der Waals surface area contributed by atoms with Crippen molar-refractivity contribution in [2.45, 2.75) is 51.4 Å². The van der Waals surface area contributed by atoms with E-state index in [4.69, 9.17) is 52.6 Å². The molecule has 0 spiro atoms. The Morgan fingerprint density at radius 2 is 1.29 bits per heavy atom. The van der Waals surface area contributed by atoms with Crippen LogP contribution >= 0.6 is 0 Å². The number of hydrogen-bond donors (Lipinski definition) is 7. The molecule has 7 N–H and O–H groups in total. The second-order valence-corrected chi connectivity index (χ2v) is 11.2. The first-order chi connectivity index (χ1) is 15.6. The predicted octanol–water partition coefficient (Wildman–Crippen LogP) is 1.86. The molecule has 17 heteroatoms. The lowest BCUT2D eigenvalue weighted by molar-refractivity contribution is -0.129. The van der Waals surface area contributed by atoms with Crippen LogP contribution in [0.15, 0.2) is 18.2 Å². The summed E-state index contributed by atoms with van der Waals surface area (Å²) in [4.78, 5) is 12.3. The zero-order valence-electron chi connectivity index (χ0n) is 18.4. The predicted molar refractivity (Wildman–Crippen MR) is 120 cm³/mol. The molecule has 0 radical (unpaired) electrons. The molecular formula is C18H28O14S3. The van der Waals surface area contributed by atoms with Crippen LogP contribution in [0.4, 0.5) is 0 Å². The molecule has 0 aliphatic heterocycles. The number of hydrogen-bond acceptors (Lipinski definition) is 8. The standard InChI is InChI=1S/C18H22O2.3H2O4S/c1-18-9-8-14-13-5-3-12(19)10-11(13)2-4-15(14)16(18)6-7-17(18)20;3*1-5(2,3)4/h3,5,10,14-16,19H,2,4,6-9H2,1H3;3*(H2,1,2,3,4)/t14-,15-,16+,18+;;;/m1.../s1. The normalized spacial score (nSPS) is 27.3. The Morgan fingerprint density at radius 3 is 1.77 bits per heavy atom. The van der Waals surface area contributed by atoms with Crippen LogP contribution in [0.1, 0.15) is 56.1 Å². The third kappa shape index (κ3) is 11.3. The molecule has 0 aromatic heterocycles. The van der Waals surface area contributed by atoms with Crippen LogP contribution in [0.5, 0.6) is 5.75 Å². The van der Waals surface area contributed by atoms with Gasteiger partial charge in [-0.1, -0.05) is 13.0 Å². The minimum atomic E-state index is -4.67. The molecule has 0 bridgehead atoms. The highest BCUT2D eigenvalue weighted by atomic mass is 32.3. The van der Waals surface area contributed by atoms with Crippen molar-refractivity contribution >= 4 is 37.0 Å². The van der Waals surface area contributed by atoms with Crippen molar-refractivity contribution in [3.05, 3.63) is 29.3 Å². The number of carbonyl (C=O) groups excluding carboxylic acids is 1. The van der Waals surface area contributed by atoms with Gasteiger partial charge in [0.1, 0.15) is 11.5 Å². The van der Waals surface area contributed by atoms with Crippen molar-refractivity contribution < 1.29 is 62.5 Å². The highest BCUT2D eigenvalue weighted by Crippen LogP contribution is 2.59. The molecule has 0 amide bonds. The monoisotopic (exact) mass is 564 g/mol. The van der Waals surface area contributed by atoms with E-state index in [-0.39, 0.29) is 5.41 Å². The van der Waals surface area contributed by atoms with Crippen molar-refractivity contribution in [2.75, 3.05) is 0 Å². The number of rotatable bonds is 0. The van der Waals surface area contributed by atoms with Crippen molar-refractivity contribution in [1.82, 2.24) is 0 Å². The van der Waals surface area contributed by atoms with Gasteiger partial charge in [-0.3, -0.25) is 32.1 Å². The van der Waals surface area contributed by atoms with Crippen LogP contribution in [-0.2, 0) is 42.4 Å². The summed E-state index contributed by atoms with van der Waals surface area (Å²) in [5, 5.41) is 9.67. The molecule has 3 aliphatic rings. The summed E-state index contributed by atoms with van der Waals surface area (Å²) in [5.74, 6) is 2.78. The van der Waals surface area contributed by atoms with Gasteiger partial charge in [-0.25, -0.2) is 0 Å². The van der Waals surface area contributed by atoms with E-state index in [0.29, 0.717) is 29.3 Å². The van der Waals surface area contributed by atoms with Gasteiger partial charge in [0, 0.05) is 11.8 Å². The Morgan fingerprint density at radius 1 is 0.800 bits per heavy atom. The molecule has 2 saturated carbocycles. The highest BCUT2D eigenvalue weighted by Gasteiger charge is 2.54. The highest BCUT2D eigenvalue weighted by molar-refractivity contribution is 7.80. The summed E-state index contributed by atoms with van der Waals surface area (Å²) < 4.78 is 94.8. The molecule has 35 heavy (non-hydrogen) atoms. The van der Waals surface area contributed by atoms with E-state index in [1.807, 2.05) is 12.1 Å². The van der Waals surface area contributed by atoms with E-state index >= 15 is 0 Å². The second kappa shape index (κ2) is 11.6. The van der Waals surface area contributed by atoms with Gasteiger partial charge < -0.3 is 5.11 Å². The Kier molecular flexibility index (Phi) is 10.4. The van der Waals surface area contributed by atoms with Crippen LogP contribution < -0.4 is 0 Å². The Labute approximate surface area is 203 Å². The van der Waals surface area contributed by atoms with E-state index in [2.05, 4.69) is 13.0 Å². The molecule has 0 saturated heterocycles. The number of Topliss-reactive ketones (excluding diaryl/α,β-unsaturated/α-hetero) is 1. The largest absolute Gasteiger partial charge is 0.508 e. The second-order valence-electron chi connectivity index (χ2n) is 8.56. The van der Waals surface area contributed by atoms with Gasteiger partial charge >= 0.3 is 31.2 Å². The van der Waals surface area contributed by atoms with Crippen molar-refractivity contribution in [3.8, 4) is 5.75 Å². The molecular weight excluding hydrogens is 536 g/mol. The summed E-state index contributed by atoms with van der Waals surface area (Å²) in [6.07, 6.45) is 6.34. The van der Waals surface area contributed by atoms with Crippen molar-refractivity contribution in [1.29, 1.82) is 0 Å². The number of aromatic hydroxyl groups is 1. The van der Waals surface area contributed by atoms with Crippen molar-refractivity contribution in [2.24, 2.45) is 17.3 Å². The minimum absolute atomic E-state index is 0.0322. The smallest absolute Gasteiger partial charge is 0.394 e. The Hall–Kier alpha value is -1.70. The third-order valence-electron chi connectivity index (χ3n) is 6.42. The van der Waals surface area contributed by atoms with E-state index < -0.39 is 31.2 Å². The van der Waals surface area contributed by atoms with Gasteiger partial charge in [-0.2, -0.15) is 25.3 Å². The van der Waals surface area contributed by atoms with Crippen molar-refractivity contribution in [3.63, 3.8) is 0 Å². The third-order valence-corrected chi connectivity index (χ3v) is 6.42. The zero-order chi connectivity index (χ0) is 27.4. The maximum Gasteiger partial charge on any atom is 0.394 e. The molecule has 0 heterocycles. The summed E-state index contributed by atoms with van der Waals surface area (Å²) in [6, 6.07) is 5.90. The number of phenolic OH excluding ortho intramolecular Hbond substituents is 1. The minimum Gasteiger partial charge on any atom is -0.508 e. The average Bonchev–Trinajstić information content (AvgIpc) is 2.92. The van der Waals surface area contributed by atoms with Gasteiger partial charge in [0.05, 0.1) is 0 Å². The molecule has 2 fully saturated rings. The molecule has 14 nitrogen and oxygen atoms in total. The lowest BCUT2D eigenvalue weighted by Crippen LogP contribution is -2.42. The first kappa shape index (κ1) is 31.3. The maximum absolute atomic E-state index is 12.3. The summed E-state index contributed by atoms with van der Waals surface area (Å²) in [6.45, 7) is 2.22. The summed E-state index contributed by atoms with van der Waals surface area (Å²) in [5.41, 5.74) is 2.75. The van der Waals surface area contributed by atoms with E-state index in [1.54, 1.807) is 0 Å². The average molecular weight is 565 g/mol.